The van der Waals surface area contributed by atoms with Gasteiger partial charge in [-0.05, 0) is 50.3 Å². The quantitative estimate of drug-likeness (QED) is 0.678. The lowest BCUT2D eigenvalue weighted by molar-refractivity contribution is 0.00456. The van der Waals surface area contributed by atoms with Crippen molar-refractivity contribution in [2.75, 3.05) is 13.1 Å². The van der Waals surface area contributed by atoms with E-state index in [-0.39, 0.29) is 0 Å². The van der Waals surface area contributed by atoms with Crippen molar-refractivity contribution in [3.05, 3.63) is 12.3 Å². The van der Waals surface area contributed by atoms with Gasteiger partial charge in [0.15, 0.2) is 0 Å². The molecule has 0 saturated heterocycles. The second-order valence-electron chi connectivity index (χ2n) is 6.48. The van der Waals surface area contributed by atoms with Crippen molar-refractivity contribution < 1.29 is 4.74 Å². The minimum absolute atomic E-state index is 0.329. The molecule has 0 radical (unpaired) electrons. The molecule has 2 heteroatoms. The van der Waals surface area contributed by atoms with Crippen molar-refractivity contribution in [2.24, 2.45) is 11.8 Å². The van der Waals surface area contributed by atoms with E-state index in [1.54, 1.807) is 0 Å². The van der Waals surface area contributed by atoms with Gasteiger partial charge in [0.2, 0.25) is 0 Å². The van der Waals surface area contributed by atoms with Gasteiger partial charge in [-0.3, -0.25) is 0 Å². The Kier molecular flexibility index (Phi) is 6.77. The normalized spacial score (nSPS) is 21.9. The average Bonchev–Trinajstić information content (AvgIpc) is 2.28. The third-order valence-electron chi connectivity index (χ3n) is 3.37. The molecule has 2 nitrogen and oxygen atoms in total. The predicted octanol–water partition coefficient (Wildman–Crippen LogP) is 4.07. The fourth-order valence-corrected chi connectivity index (χ4v) is 2.35. The predicted molar refractivity (Wildman–Crippen MR) is 78.6 cm³/mol. The fourth-order valence-electron chi connectivity index (χ4n) is 2.35. The van der Waals surface area contributed by atoms with Gasteiger partial charge < -0.3 is 9.64 Å². The summed E-state index contributed by atoms with van der Waals surface area (Å²) in [5.41, 5.74) is 0. The van der Waals surface area contributed by atoms with E-state index in [2.05, 4.69) is 51.8 Å². The first kappa shape index (κ1) is 15.6. The van der Waals surface area contributed by atoms with Crippen molar-refractivity contribution in [1.82, 2.24) is 4.90 Å². The lowest BCUT2D eigenvalue weighted by Crippen LogP contribution is -2.32. The second kappa shape index (κ2) is 7.83. The molecule has 1 aliphatic rings. The molecule has 18 heavy (non-hydrogen) atoms. The molecular formula is C16H31NO. The molecule has 0 N–H and O–H groups in total. The third kappa shape index (κ3) is 6.44. The summed E-state index contributed by atoms with van der Waals surface area (Å²) in [7, 11) is 0. The van der Waals surface area contributed by atoms with E-state index in [9.17, 15) is 0 Å². The van der Waals surface area contributed by atoms with E-state index in [0.717, 1.165) is 31.3 Å². The van der Waals surface area contributed by atoms with E-state index in [4.69, 9.17) is 4.74 Å². The Hall–Kier alpha value is -0.500. The molecule has 0 amide bonds. The van der Waals surface area contributed by atoms with Crippen LogP contribution in [0.3, 0.4) is 0 Å². The molecule has 1 aliphatic heterocycles. The summed E-state index contributed by atoms with van der Waals surface area (Å²) in [4.78, 5) is 2.41. The van der Waals surface area contributed by atoms with Crippen LogP contribution in [0.15, 0.2) is 12.3 Å². The zero-order chi connectivity index (χ0) is 13.5. The van der Waals surface area contributed by atoms with Crippen LogP contribution in [-0.2, 0) is 4.74 Å². The van der Waals surface area contributed by atoms with Crippen LogP contribution in [0.1, 0.15) is 53.9 Å². The Morgan fingerprint density at radius 3 is 2.33 bits per heavy atom. The van der Waals surface area contributed by atoms with E-state index < -0.39 is 0 Å². The highest BCUT2D eigenvalue weighted by molar-refractivity contribution is 4.95. The molecule has 0 aromatic heterocycles. The standard InChI is InChI=1S/C16H31NO/c1-13(2)6-7-15(5)18-16-8-10-17(11-9-16)12-14(3)4/h8,10,13-16H,6-7,9,11-12H2,1-5H3/t15-,16?/m1/s1. The average molecular weight is 253 g/mol. The summed E-state index contributed by atoms with van der Waals surface area (Å²) in [5.74, 6) is 1.51. The number of hydrogen-bond donors (Lipinski definition) is 0. The summed E-state index contributed by atoms with van der Waals surface area (Å²) in [6.45, 7) is 13.6. The lowest BCUT2D eigenvalue weighted by atomic mass is 10.1. The summed E-state index contributed by atoms with van der Waals surface area (Å²) < 4.78 is 6.08. The van der Waals surface area contributed by atoms with Crippen LogP contribution in [-0.4, -0.2) is 30.2 Å². The maximum Gasteiger partial charge on any atom is 0.0793 e. The molecule has 1 heterocycles. The van der Waals surface area contributed by atoms with Crippen molar-refractivity contribution in [3.63, 3.8) is 0 Å². The maximum absolute atomic E-state index is 6.08. The van der Waals surface area contributed by atoms with Gasteiger partial charge >= 0.3 is 0 Å². The molecule has 0 fully saturated rings. The third-order valence-corrected chi connectivity index (χ3v) is 3.37. The van der Waals surface area contributed by atoms with Crippen LogP contribution in [0.25, 0.3) is 0 Å². The Morgan fingerprint density at radius 2 is 1.83 bits per heavy atom. The van der Waals surface area contributed by atoms with Gasteiger partial charge in [-0.2, -0.15) is 0 Å². The molecule has 1 unspecified atom stereocenters. The molecule has 0 saturated carbocycles. The molecule has 0 aliphatic carbocycles. The van der Waals surface area contributed by atoms with Crippen molar-refractivity contribution in [2.45, 2.75) is 66.1 Å². The summed E-state index contributed by atoms with van der Waals surface area (Å²) in [5, 5.41) is 0. The first-order valence-electron chi connectivity index (χ1n) is 7.55. The highest BCUT2D eigenvalue weighted by Crippen LogP contribution is 2.17. The van der Waals surface area contributed by atoms with Crippen molar-refractivity contribution in [3.8, 4) is 0 Å². The maximum atomic E-state index is 6.08. The monoisotopic (exact) mass is 253 g/mol. The first-order chi connectivity index (χ1) is 8.47. The summed E-state index contributed by atoms with van der Waals surface area (Å²) in [6, 6.07) is 0. The van der Waals surface area contributed by atoms with E-state index in [1.165, 1.54) is 12.8 Å². The molecule has 106 valence electrons. The molecular weight excluding hydrogens is 222 g/mol. The van der Waals surface area contributed by atoms with Gasteiger partial charge in [-0.1, -0.05) is 27.7 Å². The minimum Gasteiger partial charge on any atom is -0.377 e. The van der Waals surface area contributed by atoms with Gasteiger partial charge in [0.25, 0.3) is 0 Å². The highest BCUT2D eigenvalue weighted by atomic mass is 16.5. The fraction of sp³-hybridized carbons (Fsp3) is 0.875. The Morgan fingerprint density at radius 1 is 1.11 bits per heavy atom. The van der Waals surface area contributed by atoms with Gasteiger partial charge in [-0.15, -0.1) is 0 Å². The number of rotatable bonds is 7. The zero-order valence-corrected chi connectivity index (χ0v) is 12.9. The van der Waals surface area contributed by atoms with E-state index >= 15 is 0 Å². The molecule has 0 aromatic carbocycles. The molecule has 0 bridgehead atoms. The van der Waals surface area contributed by atoms with Crippen LogP contribution < -0.4 is 0 Å². The van der Waals surface area contributed by atoms with Crippen molar-refractivity contribution >= 4 is 0 Å². The number of hydrogen-bond acceptors (Lipinski definition) is 2. The smallest absolute Gasteiger partial charge is 0.0793 e. The molecule has 1 rings (SSSR count). The van der Waals surface area contributed by atoms with Crippen molar-refractivity contribution in [1.29, 1.82) is 0 Å². The number of ether oxygens (including phenoxy) is 1. The second-order valence-corrected chi connectivity index (χ2v) is 6.48. The Bertz CT molecular complexity index is 247. The largest absolute Gasteiger partial charge is 0.377 e. The topological polar surface area (TPSA) is 12.5 Å². The van der Waals surface area contributed by atoms with Gasteiger partial charge in [0.05, 0.1) is 12.2 Å². The highest BCUT2D eigenvalue weighted by Gasteiger charge is 2.16. The molecule has 0 aromatic rings. The molecule has 2 atom stereocenters. The first-order valence-corrected chi connectivity index (χ1v) is 7.55. The van der Waals surface area contributed by atoms with Crippen LogP contribution >= 0.6 is 0 Å². The minimum atomic E-state index is 0.329. The van der Waals surface area contributed by atoms with Gasteiger partial charge in [0, 0.05) is 13.1 Å². The van der Waals surface area contributed by atoms with Crippen LogP contribution in [0.4, 0.5) is 0 Å². The van der Waals surface area contributed by atoms with E-state index in [0.29, 0.717) is 12.2 Å². The van der Waals surface area contributed by atoms with Crippen LogP contribution in [0.2, 0.25) is 0 Å². The Balaban J connectivity index is 2.25. The Labute approximate surface area is 113 Å². The van der Waals surface area contributed by atoms with Gasteiger partial charge in [0.1, 0.15) is 0 Å². The lowest BCUT2D eigenvalue weighted by Gasteiger charge is -2.30. The van der Waals surface area contributed by atoms with Gasteiger partial charge in [-0.25, -0.2) is 0 Å². The van der Waals surface area contributed by atoms with E-state index in [1.807, 2.05) is 0 Å². The van der Waals surface area contributed by atoms with Crippen LogP contribution in [0, 0.1) is 11.8 Å². The van der Waals surface area contributed by atoms with Crippen LogP contribution in [0.5, 0.6) is 0 Å². The molecule has 0 spiro atoms. The summed E-state index contributed by atoms with van der Waals surface area (Å²) in [6.07, 6.45) is 8.75. The number of nitrogens with zero attached hydrogens (tertiary/aromatic N) is 1. The zero-order valence-electron chi connectivity index (χ0n) is 12.9. The summed E-state index contributed by atoms with van der Waals surface area (Å²) >= 11 is 0. The SMILES string of the molecule is CC(C)CC[C@@H](C)OC1C=CN(CC(C)C)CC1.